The Bertz CT molecular complexity index is 526. The molecule has 2 heterocycles. The van der Waals surface area contributed by atoms with Gasteiger partial charge in [0.1, 0.15) is 10.9 Å². The largest absolute Gasteiger partial charge is 0.480 e. The fraction of sp³-hybridized carbons (Fsp3) is 0.556. The van der Waals surface area contributed by atoms with Gasteiger partial charge in [-0.05, 0) is 0 Å². The quantitative estimate of drug-likeness (QED) is 0.749. The summed E-state index contributed by atoms with van der Waals surface area (Å²) in [6.07, 6.45) is 2.10. The number of aliphatic carboxylic acids is 1. The van der Waals surface area contributed by atoms with Crippen LogP contribution < -0.4 is 0 Å². The highest BCUT2D eigenvalue weighted by atomic mass is 32.2. The Hall–Kier alpha value is -1.45. The molecule has 1 aliphatic heterocycles. The van der Waals surface area contributed by atoms with Gasteiger partial charge in [0.15, 0.2) is 0 Å². The number of sulfonamides is 1. The number of carbonyl (C=O) groups is 1. The lowest BCUT2D eigenvalue weighted by atomic mass is 10.2. The van der Waals surface area contributed by atoms with E-state index in [0.29, 0.717) is 0 Å². The summed E-state index contributed by atoms with van der Waals surface area (Å²) in [6, 6.07) is -1.10. The molecule has 2 N–H and O–H groups in total. The van der Waals surface area contributed by atoms with E-state index in [9.17, 15) is 13.2 Å². The monoisotopic (exact) mass is 275 g/mol. The molecule has 0 saturated carbocycles. The Morgan fingerprint density at radius 1 is 1.67 bits per heavy atom. The van der Waals surface area contributed by atoms with Gasteiger partial charge in [0.05, 0.1) is 12.3 Å². The second-order valence-electron chi connectivity index (χ2n) is 3.96. The molecule has 1 aromatic heterocycles. The number of aromatic nitrogens is 2. The molecule has 8 nitrogen and oxygen atoms in total. The van der Waals surface area contributed by atoms with Crippen molar-refractivity contribution in [1.82, 2.24) is 14.5 Å². The minimum absolute atomic E-state index is 0.0288. The third-order valence-electron chi connectivity index (χ3n) is 2.92. The first-order chi connectivity index (χ1) is 8.46. The van der Waals surface area contributed by atoms with Crippen molar-refractivity contribution in [2.45, 2.75) is 23.5 Å². The molecular weight excluding hydrogens is 262 g/mol. The Morgan fingerprint density at radius 3 is 2.89 bits per heavy atom. The second kappa shape index (κ2) is 4.67. The van der Waals surface area contributed by atoms with Crippen molar-refractivity contribution in [2.24, 2.45) is 0 Å². The Kier molecular flexibility index (Phi) is 3.37. The van der Waals surface area contributed by atoms with Gasteiger partial charge in [-0.15, -0.1) is 0 Å². The average molecular weight is 275 g/mol. The maximum atomic E-state index is 12.2. The maximum absolute atomic E-state index is 12.2. The predicted octanol–water partition coefficient (Wildman–Crippen LogP) is -0.728. The van der Waals surface area contributed by atoms with Gasteiger partial charge < -0.3 is 9.84 Å². The zero-order valence-corrected chi connectivity index (χ0v) is 10.4. The van der Waals surface area contributed by atoms with Gasteiger partial charge in [-0.1, -0.05) is 0 Å². The minimum Gasteiger partial charge on any atom is -0.480 e. The summed E-state index contributed by atoms with van der Waals surface area (Å²) < 4.78 is 30.4. The average Bonchev–Trinajstić information content (AvgIpc) is 2.98. The van der Waals surface area contributed by atoms with Gasteiger partial charge in [-0.2, -0.15) is 9.40 Å². The van der Waals surface area contributed by atoms with Gasteiger partial charge in [-0.3, -0.25) is 9.89 Å². The number of hydrogen-bond donors (Lipinski definition) is 2. The molecule has 1 fully saturated rings. The normalized spacial score (nSPS) is 25.4. The summed E-state index contributed by atoms with van der Waals surface area (Å²) in [5.41, 5.74) is 0. The van der Waals surface area contributed by atoms with Crippen LogP contribution in [0.15, 0.2) is 17.3 Å². The Morgan fingerprint density at radius 2 is 2.39 bits per heavy atom. The Balaban J connectivity index is 2.34. The molecular formula is C9H13N3O5S. The van der Waals surface area contributed by atoms with Crippen molar-refractivity contribution in [3.63, 3.8) is 0 Å². The topological polar surface area (TPSA) is 113 Å². The first kappa shape index (κ1) is 13.0. The van der Waals surface area contributed by atoms with Crippen LogP contribution in [0, 0.1) is 0 Å². The molecule has 1 aliphatic rings. The lowest BCUT2D eigenvalue weighted by molar-refractivity contribution is -0.140. The number of methoxy groups -OCH3 is 1. The summed E-state index contributed by atoms with van der Waals surface area (Å²) >= 11 is 0. The van der Waals surface area contributed by atoms with Crippen molar-refractivity contribution in [1.29, 1.82) is 0 Å². The molecule has 0 amide bonds. The number of carboxylic acids is 1. The summed E-state index contributed by atoms with van der Waals surface area (Å²) in [5.74, 6) is -1.18. The smallest absolute Gasteiger partial charge is 0.322 e. The Labute approximate surface area is 104 Å². The summed E-state index contributed by atoms with van der Waals surface area (Å²) in [5, 5.41) is 15.0. The number of nitrogens with zero attached hydrogens (tertiary/aromatic N) is 2. The molecule has 1 aromatic rings. The van der Waals surface area contributed by atoms with E-state index in [4.69, 9.17) is 9.84 Å². The highest BCUT2D eigenvalue weighted by molar-refractivity contribution is 7.89. The lowest BCUT2D eigenvalue weighted by Gasteiger charge is -2.19. The van der Waals surface area contributed by atoms with Crippen LogP contribution in [0.4, 0.5) is 0 Å². The molecule has 100 valence electrons. The molecule has 18 heavy (non-hydrogen) atoms. The molecule has 1 saturated heterocycles. The van der Waals surface area contributed by atoms with Gasteiger partial charge in [-0.25, -0.2) is 8.42 Å². The van der Waals surface area contributed by atoms with Crippen molar-refractivity contribution < 1.29 is 23.1 Å². The SMILES string of the molecule is COC1CC(C(=O)O)N(S(=O)(=O)c2cn[nH]c2)C1. The molecule has 2 rings (SSSR count). The van der Waals surface area contributed by atoms with Crippen LogP contribution in [-0.2, 0) is 19.6 Å². The molecule has 0 spiro atoms. The van der Waals surface area contributed by atoms with Crippen LogP contribution in [0.2, 0.25) is 0 Å². The van der Waals surface area contributed by atoms with E-state index < -0.39 is 28.1 Å². The number of hydrogen-bond acceptors (Lipinski definition) is 5. The van der Waals surface area contributed by atoms with E-state index in [-0.39, 0.29) is 17.9 Å². The van der Waals surface area contributed by atoms with E-state index in [1.807, 2.05) is 0 Å². The number of nitrogens with one attached hydrogen (secondary N) is 1. The molecule has 0 aromatic carbocycles. The minimum atomic E-state index is -3.85. The molecule has 0 radical (unpaired) electrons. The zero-order chi connectivity index (χ0) is 13.3. The zero-order valence-electron chi connectivity index (χ0n) is 9.61. The van der Waals surface area contributed by atoms with Gasteiger partial charge in [0.25, 0.3) is 0 Å². The first-order valence-corrected chi connectivity index (χ1v) is 6.67. The number of carboxylic acid groups (broad SMARTS) is 1. The maximum Gasteiger partial charge on any atom is 0.322 e. The molecule has 9 heteroatoms. The molecule has 2 unspecified atom stereocenters. The van der Waals surface area contributed by atoms with Crippen molar-refractivity contribution >= 4 is 16.0 Å². The van der Waals surface area contributed by atoms with Crippen molar-refractivity contribution in [3.8, 4) is 0 Å². The first-order valence-electron chi connectivity index (χ1n) is 5.23. The van der Waals surface area contributed by atoms with E-state index in [1.165, 1.54) is 13.3 Å². The third kappa shape index (κ3) is 2.11. The van der Waals surface area contributed by atoms with Crippen LogP contribution in [-0.4, -0.2) is 59.8 Å². The highest BCUT2D eigenvalue weighted by Gasteiger charge is 2.44. The number of ether oxygens (including phenoxy) is 1. The fourth-order valence-electron chi connectivity index (χ4n) is 1.94. The summed E-state index contributed by atoms with van der Waals surface area (Å²) in [6.45, 7) is 0.0288. The number of rotatable bonds is 4. The predicted molar refractivity (Wildman–Crippen MR) is 59.3 cm³/mol. The fourth-order valence-corrected chi connectivity index (χ4v) is 3.48. The molecule has 0 aliphatic carbocycles. The number of aromatic amines is 1. The highest BCUT2D eigenvalue weighted by Crippen LogP contribution is 2.27. The lowest BCUT2D eigenvalue weighted by Crippen LogP contribution is -2.40. The van der Waals surface area contributed by atoms with Crippen LogP contribution in [0.25, 0.3) is 0 Å². The van der Waals surface area contributed by atoms with E-state index in [2.05, 4.69) is 10.2 Å². The van der Waals surface area contributed by atoms with Gasteiger partial charge >= 0.3 is 5.97 Å². The van der Waals surface area contributed by atoms with E-state index in [1.54, 1.807) is 0 Å². The van der Waals surface area contributed by atoms with Crippen molar-refractivity contribution in [2.75, 3.05) is 13.7 Å². The van der Waals surface area contributed by atoms with Gasteiger partial charge in [0.2, 0.25) is 10.0 Å². The molecule has 0 bridgehead atoms. The number of H-pyrrole nitrogens is 1. The van der Waals surface area contributed by atoms with Crippen LogP contribution in [0.3, 0.4) is 0 Å². The summed E-state index contributed by atoms with van der Waals surface area (Å²) in [4.78, 5) is 11.1. The third-order valence-corrected chi connectivity index (χ3v) is 4.76. The van der Waals surface area contributed by atoms with Crippen LogP contribution >= 0.6 is 0 Å². The van der Waals surface area contributed by atoms with Gasteiger partial charge in [0, 0.05) is 26.3 Å². The molecule has 2 atom stereocenters. The van der Waals surface area contributed by atoms with E-state index >= 15 is 0 Å². The van der Waals surface area contributed by atoms with E-state index in [0.717, 1.165) is 10.5 Å². The standard InChI is InChI=1S/C9H13N3O5S/c1-17-6-2-8(9(13)14)12(5-6)18(15,16)7-3-10-11-4-7/h3-4,6,8H,2,5H2,1H3,(H,10,11)(H,13,14). The van der Waals surface area contributed by atoms with Crippen LogP contribution in [0.5, 0.6) is 0 Å². The second-order valence-corrected chi connectivity index (χ2v) is 5.85. The summed E-state index contributed by atoms with van der Waals surface area (Å²) in [7, 11) is -2.43. The van der Waals surface area contributed by atoms with Crippen LogP contribution in [0.1, 0.15) is 6.42 Å². The van der Waals surface area contributed by atoms with Crippen molar-refractivity contribution in [3.05, 3.63) is 12.4 Å².